The number of hydrogen-bond donors (Lipinski definition) is 2. The van der Waals surface area contributed by atoms with Gasteiger partial charge in [0, 0.05) is 31.2 Å². The highest BCUT2D eigenvalue weighted by molar-refractivity contribution is 5.79. The molecule has 0 radical (unpaired) electrons. The van der Waals surface area contributed by atoms with Crippen LogP contribution in [0.15, 0.2) is 24.3 Å². The fourth-order valence-corrected chi connectivity index (χ4v) is 4.30. The number of para-hydroxylation sites is 1. The molecule has 4 unspecified atom stereocenters. The van der Waals surface area contributed by atoms with E-state index in [4.69, 9.17) is 35.2 Å². The first kappa shape index (κ1) is 19.4. The van der Waals surface area contributed by atoms with E-state index in [1.807, 2.05) is 18.2 Å². The average Bonchev–Trinajstić information content (AvgIpc) is 3.61. The van der Waals surface area contributed by atoms with Crippen LogP contribution in [-0.4, -0.2) is 50.8 Å². The van der Waals surface area contributed by atoms with Crippen molar-refractivity contribution in [3.63, 3.8) is 0 Å². The van der Waals surface area contributed by atoms with Crippen LogP contribution in [0, 0.1) is 0 Å². The van der Waals surface area contributed by atoms with Crippen LogP contribution in [0.1, 0.15) is 22.3 Å². The summed E-state index contributed by atoms with van der Waals surface area (Å²) in [5.74, 6) is 1.46. The smallest absolute Gasteiger partial charge is 0.156 e. The molecule has 4 N–H and O–H groups in total. The molecule has 7 nitrogen and oxygen atoms in total. The van der Waals surface area contributed by atoms with Crippen LogP contribution in [0.4, 0.5) is 11.4 Å². The van der Waals surface area contributed by atoms with Gasteiger partial charge in [0.25, 0.3) is 0 Å². The molecule has 4 aliphatic heterocycles. The van der Waals surface area contributed by atoms with Gasteiger partial charge >= 0.3 is 0 Å². The first-order valence-corrected chi connectivity index (χ1v) is 11.1. The zero-order valence-corrected chi connectivity index (χ0v) is 17.5. The molecule has 2 aromatic rings. The lowest BCUT2D eigenvalue weighted by molar-refractivity contribution is 0.393. The Morgan fingerprint density at radius 3 is 1.81 bits per heavy atom. The molecule has 4 saturated heterocycles. The Labute approximate surface area is 181 Å². The Balaban J connectivity index is 1.43. The Kier molecular flexibility index (Phi) is 4.79. The Morgan fingerprint density at radius 1 is 0.677 bits per heavy atom. The van der Waals surface area contributed by atoms with Crippen molar-refractivity contribution in [2.75, 3.05) is 37.9 Å². The predicted molar refractivity (Wildman–Crippen MR) is 116 cm³/mol. The van der Waals surface area contributed by atoms with Crippen molar-refractivity contribution in [2.45, 2.75) is 50.1 Å². The summed E-state index contributed by atoms with van der Waals surface area (Å²) in [5.41, 5.74) is 18.8. The zero-order valence-electron chi connectivity index (χ0n) is 17.5. The second-order valence-electron chi connectivity index (χ2n) is 8.94. The summed E-state index contributed by atoms with van der Waals surface area (Å²) < 4.78 is 28.6. The van der Waals surface area contributed by atoms with Gasteiger partial charge in [-0.2, -0.15) is 0 Å². The molecule has 2 aromatic carbocycles. The SMILES string of the molecule is Nc1c(N)c(Oc2ccccc2CC2CO2)c(CC2CO2)c(CC2CO2)c1CC1CO1. The van der Waals surface area contributed by atoms with Crippen LogP contribution in [0.3, 0.4) is 0 Å². The van der Waals surface area contributed by atoms with Gasteiger partial charge in [-0.25, -0.2) is 0 Å². The Hall–Kier alpha value is -2.32. The van der Waals surface area contributed by atoms with Gasteiger partial charge in [0.2, 0.25) is 0 Å². The highest BCUT2D eigenvalue weighted by atomic mass is 16.6. The summed E-state index contributed by atoms with van der Waals surface area (Å²) in [4.78, 5) is 0. The third kappa shape index (κ3) is 4.36. The minimum absolute atomic E-state index is 0.198. The van der Waals surface area contributed by atoms with Gasteiger partial charge < -0.3 is 35.2 Å². The summed E-state index contributed by atoms with van der Waals surface area (Å²) in [7, 11) is 0. The van der Waals surface area contributed by atoms with Crippen LogP contribution in [0.5, 0.6) is 11.5 Å². The van der Waals surface area contributed by atoms with Gasteiger partial charge in [-0.05, 0) is 22.8 Å². The maximum atomic E-state index is 6.62. The van der Waals surface area contributed by atoms with E-state index in [9.17, 15) is 0 Å². The van der Waals surface area contributed by atoms with E-state index >= 15 is 0 Å². The molecule has 6 rings (SSSR count). The van der Waals surface area contributed by atoms with Gasteiger partial charge in [0.05, 0.1) is 62.2 Å². The van der Waals surface area contributed by atoms with Crippen molar-refractivity contribution in [3.8, 4) is 11.5 Å². The highest BCUT2D eigenvalue weighted by Crippen LogP contribution is 2.45. The third-order valence-electron chi connectivity index (χ3n) is 6.40. The third-order valence-corrected chi connectivity index (χ3v) is 6.40. The van der Waals surface area contributed by atoms with Crippen molar-refractivity contribution >= 4 is 11.4 Å². The van der Waals surface area contributed by atoms with Crippen molar-refractivity contribution in [1.82, 2.24) is 0 Å². The monoisotopic (exact) mass is 424 g/mol. The molecule has 31 heavy (non-hydrogen) atoms. The molecule has 0 aromatic heterocycles. The van der Waals surface area contributed by atoms with E-state index in [1.165, 1.54) is 5.56 Å². The normalized spacial score (nSPS) is 27.7. The van der Waals surface area contributed by atoms with E-state index in [1.54, 1.807) is 0 Å². The molecule has 0 aliphatic carbocycles. The quantitative estimate of drug-likeness (QED) is 0.445. The second-order valence-corrected chi connectivity index (χ2v) is 8.94. The number of epoxide rings is 4. The number of nitrogen functional groups attached to an aromatic ring is 2. The Morgan fingerprint density at radius 2 is 1.19 bits per heavy atom. The number of anilines is 2. The number of ether oxygens (including phenoxy) is 5. The maximum absolute atomic E-state index is 6.62. The van der Waals surface area contributed by atoms with Crippen LogP contribution < -0.4 is 16.2 Å². The van der Waals surface area contributed by atoms with Crippen molar-refractivity contribution < 1.29 is 23.7 Å². The summed E-state index contributed by atoms with van der Waals surface area (Å²) in [6.07, 6.45) is 4.08. The van der Waals surface area contributed by atoms with Crippen molar-refractivity contribution in [3.05, 3.63) is 46.5 Å². The van der Waals surface area contributed by atoms with Gasteiger partial charge in [-0.1, -0.05) is 18.2 Å². The molecule has 4 fully saturated rings. The van der Waals surface area contributed by atoms with Crippen molar-refractivity contribution in [2.24, 2.45) is 0 Å². The van der Waals surface area contributed by atoms with E-state index in [-0.39, 0.29) is 24.4 Å². The first-order valence-electron chi connectivity index (χ1n) is 11.1. The standard InChI is InChI=1S/C24H28N2O5/c25-22-19(7-16-11-29-16)18(6-15-10-28-15)20(8-17-12-30-17)24(23(22)26)31-21-4-2-1-3-13(21)5-14-9-27-14/h1-4,14-17H,5-12,25-26H2. The lowest BCUT2D eigenvalue weighted by Gasteiger charge is -2.23. The lowest BCUT2D eigenvalue weighted by atomic mass is 9.88. The average molecular weight is 424 g/mol. The van der Waals surface area contributed by atoms with Crippen molar-refractivity contribution in [1.29, 1.82) is 0 Å². The van der Waals surface area contributed by atoms with Crippen LogP contribution >= 0.6 is 0 Å². The van der Waals surface area contributed by atoms with Gasteiger partial charge in [0.1, 0.15) is 5.75 Å². The van der Waals surface area contributed by atoms with E-state index in [0.29, 0.717) is 17.1 Å². The maximum Gasteiger partial charge on any atom is 0.156 e. The molecular formula is C24H28N2O5. The number of benzene rings is 2. The van der Waals surface area contributed by atoms with Gasteiger partial charge in [0.15, 0.2) is 5.75 Å². The summed E-state index contributed by atoms with van der Waals surface area (Å²) in [6.45, 7) is 3.12. The zero-order chi connectivity index (χ0) is 20.9. The molecule has 7 heteroatoms. The van der Waals surface area contributed by atoms with Crippen LogP contribution in [0.25, 0.3) is 0 Å². The highest BCUT2D eigenvalue weighted by Gasteiger charge is 2.35. The van der Waals surface area contributed by atoms with Crippen LogP contribution in [0.2, 0.25) is 0 Å². The van der Waals surface area contributed by atoms with E-state index in [0.717, 1.165) is 74.6 Å². The first-order chi connectivity index (χ1) is 15.2. The van der Waals surface area contributed by atoms with Gasteiger partial charge in [-0.3, -0.25) is 0 Å². The minimum Gasteiger partial charge on any atom is -0.455 e. The Bertz CT molecular complexity index is 994. The molecular weight excluding hydrogens is 396 g/mol. The van der Waals surface area contributed by atoms with E-state index < -0.39 is 0 Å². The molecule has 4 aliphatic rings. The fraction of sp³-hybridized carbons (Fsp3) is 0.500. The summed E-state index contributed by atoms with van der Waals surface area (Å²) in [5, 5.41) is 0. The molecule has 0 saturated carbocycles. The van der Waals surface area contributed by atoms with Gasteiger partial charge in [-0.15, -0.1) is 0 Å². The topological polar surface area (TPSA) is 111 Å². The minimum atomic E-state index is 0.198. The van der Waals surface area contributed by atoms with Crippen LogP contribution in [-0.2, 0) is 44.6 Å². The predicted octanol–water partition coefficient (Wildman–Crippen LogP) is 2.41. The van der Waals surface area contributed by atoms with E-state index in [2.05, 4.69) is 6.07 Å². The molecule has 4 atom stereocenters. The molecule has 4 heterocycles. The molecule has 164 valence electrons. The number of hydrogen-bond acceptors (Lipinski definition) is 7. The number of rotatable bonds is 10. The molecule has 0 amide bonds. The number of nitrogens with two attached hydrogens (primary N) is 2. The fourth-order valence-electron chi connectivity index (χ4n) is 4.30. The molecule has 0 bridgehead atoms. The largest absolute Gasteiger partial charge is 0.455 e. The summed E-state index contributed by atoms with van der Waals surface area (Å²) >= 11 is 0. The lowest BCUT2D eigenvalue weighted by Crippen LogP contribution is -2.15. The molecule has 0 spiro atoms. The summed E-state index contributed by atoms with van der Waals surface area (Å²) in [6, 6.07) is 8.07. The second kappa shape index (κ2) is 7.67.